The average molecular weight is 296 g/mol. The molecule has 0 amide bonds. The maximum Gasteiger partial charge on any atom is 0.311 e. The third-order valence-corrected chi connectivity index (χ3v) is 3.16. The fourth-order valence-electron chi connectivity index (χ4n) is 1.86. The number of halogens is 1. The lowest BCUT2D eigenvalue weighted by Gasteiger charge is -2.07. The fourth-order valence-corrected chi connectivity index (χ4v) is 2.03. The third-order valence-electron chi connectivity index (χ3n) is 2.85. The van der Waals surface area contributed by atoms with Crippen molar-refractivity contribution < 1.29 is 9.66 Å². The first-order chi connectivity index (χ1) is 9.51. The Labute approximate surface area is 121 Å². The first-order valence-electron chi connectivity index (χ1n) is 5.97. The lowest BCUT2D eigenvalue weighted by molar-refractivity contribution is -0.386. The number of hydrogen-bond donors (Lipinski definition) is 0. The van der Waals surface area contributed by atoms with Gasteiger partial charge in [-0.15, -0.1) is 11.6 Å². The van der Waals surface area contributed by atoms with Crippen LogP contribution in [0.2, 0.25) is 0 Å². The number of rotatable bonds is 5. The highest BCUT2D eigenvalue weighted by Crippen LogP contribution is 2.29. The summed E-state index contributed by atoms with van der Waals surface area (Å²) in [5, 5.41) is 15.2. The summed E-state index contributed by atoms with van der Waals surface area (Å²) >= 11 is 5.68. The Morgan fingerprint density at radius 3 is 2.75 bits per heavy atom. The van der Waals surface area contributed by atoms with Crippen molar-refractivity contribution in [2.24, 2.45) is 7.05 Å². The van der Waals surface area contributed by atoms with Crippen LogP contribution in [0.1, 0.15) is 17.0 Å². The van der Waals surface area contributed by atoms with Crippen molar-refractivity contribution in [2.45, 2.75) is 19.4 Å². The second-order valence-corrected chi connectivity index (χ2v) is 4.65. The van der Waals surface area contributed by atoms with Gasteiger partial charge in [-0.05, 0) is 24.6 Å². The minimum absolute atomic E-state index is 0.0814. The Balaban J connectivity index is 2.20. The van der Waals surface area contributed by atoms with Crippen molar-refractivity contribution in [3.63, 3.8) is 0 Å². The molecule has 0 aliphatic carbocycles. The van der Waals surface area contributed by atoms with Gasteiger partial charge in [-0.25, -0.2) is 0 Å². The monoisotopic (exact) mass is 295 g/mol. The van der Waals surface area contributed by atoms with Crippen LogP contribution in [0.15, 0.2) is 24.3 Å². The van der Waals surface area contributed by atoms with E-state index in [0.717, 1.165) is 11.4 Å². The summed E-state index contributed by atoms with van der Waals surface area (Å²) in [6.07, 6.45) is 0. The van der Waals surface area contributed by atoms with Crippen LogP contribution in [0, 0.1) is 17.0 Å². The van der Waals surface area contributed by atoms with Gasteiger partial charge in [-0.3, -0.25) is 14.8 Å². The zero-order chi connectivity index (χ0) is 14.7. The van der Waals surface area contributed by atoms with Crippen molar-refractivity contribution in [1.29, 1.82) is 0 Å². The molecule has 0 aliphatic heterocycles. The molecule has 0 fully saturated rings. The van der Waals surface area contributed by atoms with Crippen LogP contribution >= 0.6 is 11.6 Å². The Hall–Kier alpha value is -2.08. The molecule has 0 bridgehead atoms. The highest BCUT2D eigenvalue weighted by Gasteiger charge is 2.16. The summed E-state index contributed by atoms with van der Waals surface area (Å²) in [5.74, 6) is 0.449. The molecular weight excluding hydrogens is 282 g/mol. The number of nitrogens with zero attached hydrogens (tertiary/aromatic N) is 3. The molecule has 0 radical (unpaired) electrons. The van der Waals surface area contributed by atoms with Crippen LogP contribution in [0.3, 0.4) is 0 Å². The third kappa shape index (κ3) is 3.08. The summed E-state index contributed by atoms with van der Waals surface area (Å²) in [5.41, 5.74) is 2.32. The van der Waals surface area contributed by atoms with Crippen LogP contribution in [-0.2, 0) is 19.5 Å². The lowest BCUT2D eigenvalue weighted by atomic mass is 10.2. The van der Waals surface area contributed by atoms with Gasteiger partial charge in [0.15, 0.2) is 5.75 Å². The van der Waals surface area contributed by atoms with E-state index in [1.54, 1.807) is 23.9 Å². The number of nitro groups is 1. The van der Waals surface area contributed by atoms with Crippen molar-refractivity contribution >= 4 is 17.3 Å². The molecule has 1 aromatic heterocycles. The fraction of sp³-hybridized carbons (Fsp3) is 0.308. The van der Waals surface area contributed by atoms with Gasteiger partial charge in [0.25, 0.3) is 0 Å². The molecule has 1 aromatic carbocycles. The highest BCUT2D eigenvalue weighted by atomic mass is 35.5. The molecule has 2 aromatic rings. The molecule has 1 heterocycles. The molecule has 0 unspecified atom stereocenters. The van der Waals surface area contributed by atoms with E-state index in [4.69, 9.17) is 16.3 Å². The molecule has 0 saturated carbocycles. The number of benzene rings is 1. The van der Waals surface area contributed by atoms with Gasteiger partial charge in [0.05, 0.1) is 16.3 Å². The van der Waals surface area contributed by atoms with Crippen LogP contribution < -0.4 is 4.74 Å². The maximum atomic E-state index is 11.0. The summed E-state index contributed by atoms with van der Waals surface area (Å²) < 4.78 is 7.22. The zero-order valence-electron chi connectivity index (χ0n) is 11.2. The molecular formula is C13H14ClN3O3. The molecule has 106 valence electrons. The Morgan fingerprint density at radius 2 is 2.20 bits per heavy atom. The van der Waals surface area contributed by atoms with Gasteiger partial charge in [0, 0.05) is 19.0 Å². The zero-order valence-corrected chi connectivity index (χ0v) is 11.9. The summed E-state index contributed by atoms with van der Waals surface area (Å²) in [6, 6.07) is 6.58. The van der Waals surface area contributed by atoms with Crippen LogP contribution in [0.4, 0.5) is 5.69 Å². The number of alkyl halides is 1. The minimum Gasteiger partial charge on any atom is -0.480 e. The van der Waals surface area contributed by atoms with Gasteiger partial charge >= 0.3 is 5.69 Å². The molecule has 0 atom stereocenters. The topological polar surface area (TPSA) is 70.2 Å². The van der Waals surface area contributed by atoms with Gasteiger partial charge in [0.2, 0.25) is 0 Å². The second kappa shape index (κ2) is 5.92. The number of aromatic nitrogens is 2. The number of nitro benzene ring substituents is 1. The van der Waals surface area contributed by atoms with Crippen molar-refractivity contribution in [3.05, 3.63) is 51.3 Å². The van der Waals surface area contributed by atoms with Gasteiger partial charge in [0.1, 0.15) is 6.61 Å². The molecule has 2 rings (SSSR count). The first-order valence-corrected chi connectivity index (χ1v) is 6.50. The van der Waals surface area contributed by atoms with E-state index in [0.29, 0.717) is 5.56 Å². The molecule has 6 nitrogen and oxygen atoms in total. The van der Waals surface area contributed by atoms with Crippen molar-refractivity contribution in [1.82, 2.24) is 9.78 Å². The number of hydrogen-bond acceptors (Lipinski definition) is 4. The van der Waals surface area contributed by atoms with Crippen LogP contribution in [0.25, 0.3) is 0 Å². The summed E-state index contributed by atoms with van der Waals surface area (Å²) in [6.45, 7) is 2.10. The van der Waals surface area contributed by atoms with E-state index < -0.39 is 4.92 Å². The van der Waals surface area contributed by atoms with Crippen molar-refractivity contribution in [2.75, 3.05) is 0 Å². The van der Waals surface area contributed by atoms with E-state index in [2.05, 4.69) is 5.10 Å². The Bertz CT molecular complexity index is 640. The van der Waals surface area contributed by atoms with E-state index in [-0.39, 0.29) is 23.9 Å². The molecule has 0 N–H and O–H groups in total. The second-order valence-electron chi connectivity index (χ2n) is 4.38. The number of aryl methyl sites for hydroxylation is 2. The van der Waals surface area contributed by atoms with E-state index in [9.17, 15) is 10.1 Å². The molecule has 7 heteroatoms. The van der Waals surface area contributed by atoms with Gasteiger partial charge in [-0.1, -0.05) is 6.07 Å². The largest absolute Gasteiger partial charge is 0.480 e. The molecule has 0 saturated heterocycles. The van der Waals surface area contributed by atoms with Gasteiger partial charge < -0.3 is 4.74 Å². The quantitative estimate of drug-likeness (QED) is 0.483. The predicted molar refractivity (Wildman–Crippen MR) is 74.9 cm³/mol. The maximum absolute atomic E-state index is 11.0. The first kappa shape index (κ1) is 14.3. The average Bonchev–Trinajstić information content (AvgIpc) is 2.74. The smallest absolute Gasteiger partial charge is 0.311 e. The standard InChI is InChI=1S/C13H14ClN3O3/c1-9-5-11(16(2)15-9)8-20-13-4-3-10(7-14)6-12(13)17(18)19/h3-6H,7-8H2,1-2H3. The Morgan fingerprint density at radius 1 is 1.45 bits per heavy atom. The normalized spacial score (nSPS) is 10.6. The summed E-state index contributed by atoms with van der Waals surface area (Å²) in [4.78, 5) is 10.6. The van der Waals surface area contributed by atoms with Gasteiger partial charge in [-0.2, -0.15) is 5.10 Å². The highest BCUT2D eigenvalue weighted by molar-refractivity contribution is 6.17. The van der Waals surface area contributed by atoms with E-state index in [1.807, 2.05) is 13.0 Å². The predicted octanol–water partition coefficient (Wildman–Crippen LogP) is 2.95. The molecule has 20 heavy (non-hydrogen) atoms. The van der Waals surface area contributed by atoms with E-state index in [1.165, 1.54) is 6.07 Å². The van der Waals surface area contributed by atoms with Crippen LogP contribution in [0.5, 0.6) is 5.75 Å². The molecule has 0 spiro atoms. The van der Waals surface area contributed by atoms with Crippen LogP contribution in [-0.4, -0.2) is 14.7 Å². The molecule has 0 aliphatic rings. The SMILES string of the molecule is Cc1cc(COc2ccc(CCl)cc2[N+](=O)[O-])n(C)n1. The number of ether oxygens (including phenoxy) is 1. The van der Waals surface area contributed by atoms with E-state index >= 15 is 0 Å². The Kier molecular flexibility index (Phi) is 4.24. The summed E-state index contributed by atoms with van der Waals surface area (Å²) in [7, 11) is 1.80. The van der Waals surface area contributed by atoms with Crippen molar-refractivity contribution in [3.8, 4) is 5.75 Å². The lowest BCUT2D eigenvalue weighted by Crippen LogP contribution is -2.04. The minimum atomic E-state index is -0.472.